The van der Waals surface area contributed by atoms with Crippen molar-refractivity contribution in [3.05, 3.63) is 23.3 Å². The van der Waals surface area contributed by atoms with E-state index in [9.17, 15) is 10.2 Å². The maximum atomic E-state index is 10.0. The van der Waals surface area contributed by atoms with Crippen LogP contribution in [-0.4, -0.2) is 22.7 Å². The van der Waals surface area contributed by atoms with Gasteiger partial charge in [0.15, 0.2) is 4.84 Å². The molecule has 1 heterocycles. The molecule has 0 aliphatic heterocycles. The average molecular weight is 349 g/mol. The Bertz CT molecular complexity index is 467. The van der Waals surface area contributed by atoms with E-state index in [2.05, 4.69) is 0 Å². The molecule has 0 amide bonds. The van der Waals surface area contributed by atoms with Crippen molar-refractivity contribution in [2.75, 3.05) is 0 Å². The molecule has 3 nitrogen and oxygen atoms in total. The van der Waals surface area contributed by atoms with E-state index in [1.54, 1.807) is 0 Å². The van der Waals surface area contributed by atoms with Crippen LogP contribution >= 0.6 is 58.4 Å². The van der Waals surface area contributed by atoms with E-state index < -0.39 is 8.50 Å². The summed E-state index contributed by atoms with van der Waals surface area (Å²) in [5.41, 5.74) is 1.32. The van der Waals surface area contributed by atoms with Crippen LogP contribution in [0.5, 0.6) is 11.8 Å². The lowest BCUT2D eigenvalue weighted by Crippen LogP contribution is -2.18. The number of allylic oxidation sites excluding steroid dienone is 2. The second kappa shape index (κ2) is 5.25. The van der Waals surface area contributed by atoms with E-state index in [1.807, 2.05) is 12.2 Å². The van der Waals surface area contributed by atoms with E-state index in [1.165, 1.54) is 0 Å². The van der Waals surface area contributed by atoms with Crippen LogP contribution in [0.3, 0.4) is 0 Å². The van der Waals surface area contributed by atoms with Crippen LogP contribution < -0.4 is 0 Å². The molecule has 0 aromatic carbocycles. The molecule has 0 fully saturated rings. The van der Waals surface area contributed by atoms with Gasteiger partial charge < -0.3 is 10.2 Å². The van der Waals surface area contributed by atoms with Crippen molar-refractivity contribution >= 4 is 58.4 Å². The van der Waals surface area contributed by atoms with Crippen molar-refractivity contribution in [3.63, 3.8) is 0 Å². The number of fused-ring (bicyclic) bond motifs is 1. The molecule has 100 valence electrons. The second-order valence-electron chi connectivity index (χ2n) is 3.73. The van der Waals surface area contributed by atoms with Gasteiger partial charge in [-0.3, -0.25) is 0 Å². The van der Waals surface area contributed by atoms with Gasteiger partial charge in [0.05, 0.1) is 0 Å². The van der Waals surface area contributed by atoms with E-state index in [0.29, 0.717) is 24.0 Å². The Hall–Kier alpha value is 0.130. The number of hydrogen-bond acceptors (Lipinski definition) is 3. The Morgan fingerprint density at radius 1 is 1.11 bits per heavy atom. The smallest absolute Gasteiger partial charge is 0.212 e. The normalized spacial score (nSPS) is 15.2. The van der Waals surface area contributed by atoms with Gasteiger partial charge in [0.25, 0.3) is 0 Å². The van der Waals surface area contributed by atoms with Gasteiger partial charge in [-0.2, -0.15) is 0 Å². The third kappa shape index (κ3) is 2.54. The summed E-state index contributed by atoms with van der Waals surface area (Å²) in [5, 5.41) is 20.1. The Balaban J connectivity index is 2.38. The van der Waals surface area contributed by atoms with Gasteiger partial charge in [0.2, 0.25) is 15.4 Å². The minimum absolute atomic E-state index is 0.0866. The number of hydrogen-bond donors (Lipinski definition) is 2. The molecule has 2 rings (SSSR count). The average Bonchev–Trinajstić information content (AvgIpc) is 2.55. The highest BCUT2D eigenvalue weighted by atomic mass is 35.5. The highest BCUT2D eigenvalue weighted by Crippen LogP contribution is 2.49. The second-order valence-corrected chi connectivity index (χ2v) is 7.85. The van der Waals surface area contributed by atoms with Crippen molar-refractivity contribution < 1.29 is 10.2 Å². The molecular formula is C10H9Cl4NO2S. The van der Waals surface area contributed by atoms with Crippen molar-refractivity contribution in [1.82, 2.24) is 3.97 Å². The molecule has 0 saturated carbocycles. The molecule has 0 saturated heterocycles. The lowest BCUT2D eigenvalue weighted by Gasteiger charge is -2.20. The van der Waals surface area contributed by atoms with Crippen LogP contribution in [0.2, 0.25) is 0 Å². The van der Waals surface area contributed by atoms with Crippen LogP contribution in [0.4, 0.5) is 0 Å². The fourth-order valence-electron chi connectivity index (χ4n) is 1.69. The molecular weight excluding hydrogens is 340 g/mol. The van der Waals surface area contributed by atoms with Crippen molar-refractivity contribution in [2.24, 2.45) is 0 Å². The monoisotopic (exact) mass is 347 g/mol. The zero-order valence-corrected chi connectivity index (χ0v) is 12.7. The molecule has 0 spiro atoms. The predicted molar refractivity (Wildman–Crippen MR) is 77.2 cm³/mol. The van der Waals surface area contributed by atoms with E-state index >= 15 is 0 Å². The largest absolute Gasteiger partial charge is 0.494 e. The van der Waals surface area contributed by atoms with Gasteiger partial charge in [0.1, 0.15) is 0 Å². The Labute approximate surface area is 128 Å². The summed E-state index contributed by atoms with van der Waals surface area (Å²) in [4.78, 5) is -1.08. The first-order valence-corrected chi connectivity index (χ1v) is 7.39. The number of alkyl halides is 4. The zero-order valence-electron chi connectivity index (χ0n) is 8.91. The topological polar surface area (TPSA) is 45.4 Å². The number of aromatic nitrogens is 1. The number of nitrogens with zero attached hydrogens (tertiary/aromatic N) is 1. The van der Waals surface area contributed by atoms with Gasteiger partial charge in [-0.1, -0.05) is 35.4 Å². The van der Waals surface area contributed by atoms with E-state index in [0.717, 1.165) is 15.9 Å². The Morgan fingerprint density at radius 2 is 1.56 bits per heavy atom. The minimum atomic E-state index is -1.58. The molecule has 0 unspecified atom stereocenters. The van der Waals surface area contributed by atoms with Gasteiger partial charge in [-0.05, 0) is 12.8 Å². The summed E-state index contributed by atoms with van der Waals surface area (Å²) in [6.45, 7) is 0. The maximum absolute atomic E-state index is 10.0. The van der Waals surface area contributed by atoms with Crippen LogP contribution in [0.25, 0.3) is 0 Å². The third-order valence-corrected chi connectivity index (χ3v) is 5.78. The van der Waals surface area contributed by atoms with Crippen LogP contribution in [0.1, 0.15) is 11.1 Å². The maximum Gasteiger partial charge on any atom is 0.212 e. The summed E-state index contributed by atoms with van der Waals surface area (Å²) < 4.78 is -0.428. The van der Waals surface area contributed by atoms with Crippen molar-refractivity contribution in [2.45, 2.75) is 21.3 Å². The van der Waals surface area contributed by atoms with Gasteiger partial charge in [-0.25, -0.2) is 3.97 Å². The summed E-state index contributed by atoms with van der Waals surface area (Å²) in [6.07, 6.45) is 4.92. The SMILES string of the molecule is Oc1c2c(c(O)n1SC(Cl)(Cl)C(Cl)Cl)CC=CC2. The molecule has 18 heavy (non-hydrogen) atoms. The molecule has 8 heteroatoms. The highest BCUT2D eigenvalue weighted by Gasteiger charge is 2.37. The van der Waals surface area contributed by atoms with Crippen LogP contribution in [-0.2, 0) is 12.8 Å². The quantitative estimate of drug-likeness (QED) is 0.641. The molecule has 0 bridgehead atoms. The van der Waals surface area contributed by atoms with Crippen molar-refractivity contribution in [3.8, 4) is 11.8 Å². The van der Waals surface area contributed by atoms with Gasteiger partial charge in [0, 0.05) is 23.1 Å². The molecule has 1 aromatic rings. The predicted octanol–water partition coefficient (Wildman–Crippen LogP) is 3.99. The first kappa shape index (κ1) is 14.5. The standard InChI is InChI=1S/C10H9Cl4NO2S/c11-9(12)10(13,14)18-15-7(16)5-3-1-2-4-6(5)8(15)17/h1-2,9,16-17H,3-4H2. The molecule has 0 atom stereocenters. The summed E-state index contributed by atoms with van der Waals surface area (Å²) in [5.74, 6) is -0.173. The van der Waals surface area contributed by atoms with Gasteiger partial charge >= 0.3 is 0 Å². The minimum Gasteiger partial charge on any atom is -0.494 e. The zero-order chi connectivity index (χ0) is 13.5. The fraction of sp³-hybridized carbons (Fsp3) is 0.400. The number of aromatic hydroxyl groups is 2. The molecule has 1 aliphatic carbocycles. The number of halogens is 4. The molecule has 0 radical (unpaired) electrons. The lowest BCUT2D eigenvalue weighted by molar-refractivity contribution is 0.413. The van der Waals surface area contributed by atoms with Gasteiger partial charge in [-0.15, -0.1) is 23.2 Å². The summed E-state index contributed by atoms with van der Waals surface area (Å²) >= 11 is 23.9. The molecule has 1 aromatic heterocycles. The lowest BCUT2D eigenvalue weighted by atomic mass is 10.0. The van der Waals surface area contributed by atoms with Crippen LogP contribution in [0, 0.1) is 0 Å². The Morgan fingerprint density at radius 3 is 1.94 bits per heavy atom. The summed E-state index contributed by atoms with van der Waals surface area (Å²) in [7, 11) is 0. The highest BCUT2D eigenvalue weighted by molar-refractivity contribution is 8.02. The van der Waals surface area contributed by atoms with Crippen molar-refractivity contribution in [1.29, 1.82) is 0 Å². The summed E-state index contributed by atoms with van der Waals surface area (Å²) in [6, 6.07) is 0. The van der Waals surface area contributed by atoms with E-state index in [4.69, 9.17) is 46.4 Å². The first-order valence-electron chi connectivity index (χ1n) is 4.99. The first-order chi connectivity index (χ1) is 8.34. The Kier molecular flexibility index (Phi) is 4.24. The van der Waals surface area contributed by atoms with Crippen LogP contribution in [0.15, 0.2) is 12.2 Å². The fourth-order valence-corrected chi connectivity index (χ4v) is 3.06. The third-order valence-electron chi connectivity index (χ3n) is 2.57. The number of rotatable bonds is 3. The molecule has 2 N–H and O–H groups in total. The van der Waals surface area contributed by atoms with E-state index in [-0.39, 0.29) is 11.8 Å². The molecule has 1 aliphatic rings.